The zero-order valence-electron chi connectivity index (χ0n) is 16.0. The lowest BCUT2D eigenvalue weighted by molar-refractivity contribution is 0.102. The van der Waals surface area contributed by atoms with E-state index in [4.69, 9.17) is 4.42 Å². The third-order valence-corrected chi connectivity index (χ3v) is 6.15. The highest BCUT2D eigenvalue weighted by Gasteiger charge is 2.16. The molecular weight excluding hydrogens is 384 g/mol. The number of fused-ring (bicyclic) bond motifs is 1. The minimum Gasteiger partial charge on any atom is -0.408 e. The molecule has 0 radical (unpaired) electrons. The number of rotatable bonds is 10. The first-order valence-electron chi connectivity index (χ1n) is 9.18. The Morgan fingerprint density at radius 3 is 2.44 bits per heavy atom. The number of carbonyl (C=O) groups excluding carboxylic acids is 2. The van der Waals surface area contributed by atoms with Crippen LogP contribution in [0.25, 0.3) is 11.1 Å². The minimum atomic E-state index is -0.463. The van der Waals surface area contributed by atoms with Crippen molar-refractivity contribution in [3.63, 3.8) is 0 Å². The van der Waals surface area contributed by atoms with Crippen molar-refractivity contribution in [3.8, 4) is 0 Å². The van der Waals surface area contributed by atoms with E-state index in [0.29, 0.717) is 16.7 Å². The van der Waals surface area contributed by atoms with Crippen molar-refractivity contribution < 1.29 is 14.0 Å². The van der Waals surface area contributed by atoms with E-state index in [1.807, 2.05) is 0 Å². The number of benzene rings is 1. The predicted octanol–water partition coefficient (Wildman–Crippen LogP) is 4.72. The summed E-state index contributed by atoms with van der Waals surface area (Å²) in [6.45, 7) is 6.02. The van der Waals surface area contributed by atoms with Crippen LogP contribution in [0.5, 0.6) is 0 Å². The lowest BCUT2D eigenvalue weighted by Crippen LogP contribution is -2.20. The first-order valence-corrected chi connectivity index (χ1v) is 10.9. The summed E-state index contributed by atoms with van der Waals surface area (Å²) in [6.07, 6.45) is 4.28. The van der Waals surface area contributed by atoms with Crippen molar-refractivity contribution in [2.24, 2.45) is 7.05 Å². The molecule has 0 aliphatic heterocycles. The average Bonchev–Trinajstić information content (AvgIpc) is 2.95. The van der Waals surface area contributed by atoms with Gasteiger partial charge in [0.15, 0.2) is 11.4 Å². The monoisotopic (exact) mass is 410 g/mol. The molecule has 0 unspecified atom stereocenters. The Hall–Kier alpha value is -1.51. The van der Waals surface area contributed by atoms with Crippen LogP contribution in [0.15, 0.2) is 27.4 Å². The summed E-state index contributed by atoms with van der Waals surface area (Å²) in [7, 11) is 1.60. The molecule has 0 atom stereocenters. The van der Waals surface area contributed by atoms with Crippen LogP contribution in [0.1, 0.15) is 49.9 Å². The lowest BCUT2D eigenvalue weighted by Gasteiger charge is -2.19. The van der Waals surface area contributed by atoms with Crippen LogP contribution in [-0.2, 0) is 7.05 Å². The molecule has 0 fully saturated rings. The van der Waals surface area contributed by atoms with Gasteiger partial charge in [0.25, 0.3) is 4.45 Å². The Balaban J connectivity index is 1.92. The molecule has 1 aromatic heterocycles. The normalized spacial score (nSPS) is 11.4. The summed E-state index contributed by atoms with van der Waals surface area (Å²) >= 11 is 2.25. The minimum absolute atomic E-state index is 0.0626. The van der Waals surface area contributed by atoms with E-state index in [9.17, 15) is 14.4 Å². The van der Waals surface area contributed by atoms with Gasteiger partial charge in [0.05, 0.1) is 11.3 Å². The van der Waals surface area contributed by atoms with Gasteiger partial charge in [-0.15, -0.1) is 0 Å². The van der Waals surface area contributed by atoms with Gasteiger partial charge in [0.2, 0.25) is 0 Å². The molecule has 0 saturated heterocycles. The van der Waals surface area contributed by atoms with Crippen molar-refractivity contribution in [1.82, 2.24) is 8.87 Å². The molecule has 2 rings (SSSR count). The topological polar surface area (TPSA) is 72.5 Å². The highest BCUT2D eigenvalue weighted by Crippen LogP contribution is 2.23. The molecule has 0 saturated carbocycles. The number of ketones is 1. The molecule has 0 aliphatic rings. The molecule has 0 N–H and O–H groups in total. The fourth-order valence-electron chi connectivity index (χ4n) is 2.51. The highest BCUT2D eigenvalue weighted by atomic mass is 32.2. The molecule has 1 heterocycles. The quantitative estimate of drug-likeness (QED) is 0.414. The second kappa shape index (κ2) is 10.7. The number of unbranched alkanes of at least 4 members (excludes halogenated alkanes) is 2. The van der Waals surface area contributed by atoms with E-state index < -0.39 is 5.76 Å². The van der Waals surface area contributed by atoms with Crippen LogP contribution < -0.4 is 5.76 Å². The van der Waals surface area contributed by atoms with E-state index >= 15 is 0 Å². The van der Waals surface area contributed by atoms with Gasteiger partial charge in [-0.25, -0.2) is 9.10 Å². The zero-order valence-corrected chi connectivity index (χ0v) is 17.7. The van der Waals surface area contributed by atoms with E-state index in [2.05, 4.69) is 18.2 Å². The number of Topliss-reactive ketones (excluding diaryl/α,β-unsaturated/α-hetero) is 1. The molecule has 2 aromatic rings. The number of thioether (sulfide) groups is 1. The van der Waals surface area contributed by atoms with Gasteiger partial charge in [0.1, 0.15) is 0 Å². The largest absolute Gasteiger partial charge is 0.419 e. The SMILES string of the molecule is CCCCN(CCCC)SC(=O)SCC(=O)c1ccc2oc(=O)n(C)c2c1. The summed E-state index contributed by atoms with van der Waals surface area (Å²) in [4.78, 5) is 36.2. The van der Waals surface area contributed by atoms with Crippen LogP contribution in [0.2, 0.25) is 0 Å². The number of hydrogen-bond acceptors (Lipinski definition) is 7. The van der Waals surface area contributed by atoms with Crippen molar-refractivity contribution in [1.29, 1.82) is 0 Å². The van der Waals surface area contributed by atoms with Gasteiger partial charge in [-0.2, -0.15) is 0 Å². The maximum absolute atomic E-state index is 12.4. The molecular formula is C19H26N2O4S2. The van der Waals surface area contributed by atoms with E-state index in [-0.39, 0.29) is 16.0 Å². The Bertz CT molecular complexity index is 836. The molecule has 1 aromatic carbocycles. The van der Waals surface area contributed by atoms with Gasteiger partial charge in [0, 0.05) is 37.6 Å². The standard InChI is InChI=1S/C19H26N2O4S2/c1-4-6-10-21(11-7-5-2)27-19(24)26-13-16(22)14-8-9-17-15(12-14)20(3)18(23)25-17/h8-9,12H,4-7,10-11,13H2,1-3H3. The average molecular weight is 411 g/mol. The van der Waals surface area contributed by atoms with Gasteiger partial charge in [-0.3, -0.25) is 14.2 Å². The first kappa shape index (κ1) is 21.8. The molecule has 27 heavy (non-hydrogen) atoms. The fourth-order valence-corrected chi connectivity index (χ4v) is 4.28. The number of carbonyl (C=O) groups is 2. The Morgan fingerprint density at radius 2 is 1.81 bits per heavy atom. The van der Waals surface area contributed by atoms with Gasteiger partial charge in [-0.05, 0) is 31.0 Å². The van der Waals surface area contributed by atoms with E-state index in [0.717, 1.165) is 50.5 Å². The first-order chi connectivity index (χ1) is 13.0. The third kappa shape index (κ3) is 6.26. The van der Waals surface area contributed by atoms with Gasteiger partial charge < -0.3 is 4.42 Å². The summed E-state index contributed by atoms with van der Waals surface area (Å²) in [6, 6.07) is 4.87. The predicted molar refractivity (Wildman–Crippen MR) is 113 cm³/mol. The molecule has 6 nitrogen and oxygen atoms in total. The maximum atomic E-state index is 12.4. The molecule has 0 amide bonds. The number of oxazole rings is 1. The van der Waals surface area contributed by atoms with Crippen LogP contribution in [0.4, 0.5) is 4.79 Å². The summed E-state index contributed by atoms with van der Waals surface area (Å²) < 4.78 is 8.46. The van der Waals surface area contributed by atoms with E-state index in [1.54, 1.807) is 25.2 Å². The second-order valence-corrected chi connectivity index (χ2v) is 8.58. The number of aromatic nitrogens is 1. The summed E-state index contributed by atoms with van der Waals surface area (Å²) in [5.41, 5.74) is 1.49. The van der Waals surface area contributed by atoms with Crippen LogP contribution in [-0.4, -0.2) is 37.9 Å². The highest BCUT2D eigenvalue weighted by molar-refractivity contribution is 8.37. The van der Waals surface area contributed by atoms with Crippen molar-refractivity contribution in [3.05, 3.63) is 34.3 Å². The zero-order chi connectivity index (χ0) is 19.8. The Kier molecular flexibility index (Phi) is 8.66. The Labute approximate surface area is 167 Å². The van der Waals surface area contributed by atoms with Gasteiger partial charge >= 0.3 is 5.76 Å². The second-order valence-electron chi connectivity index (χ2n) is 6.30. The third-order valence-electron chi connectivity index (χ3n) is 4.16. The number of aryl methyl sites for hydroxylation is 1. The number of nitrogens with zero attached hydrogens (tertiary/aromatic N) is 2. The van der Waals surface area contributed by atoms with Crippen LogP contribution >= 0.6 is 23.7 Å². The van der Waals surface area contributed by atoms with Gasteiger partial charge in [-0.1, -0.05) is 38.5 Å². The fraction of sp³-hybridized carbons (Fsp3) is 0.526. The molecule has 0 bridgehead atoms. The molecule has 0 aliphatic carbocycles. The van der Waals surface area contributed by atoms with Crippen LogP contribution in [0.3, 0.4) is 0 Å². The Morgan fingerprint density at radius 1 is 1.15 bits per heavy atom. The van der Waals surface area contributed by atoms with E-state index in [1.165, 1.54) is 16.5 Å². The summed E-state index contributed by atoms with van der Waals surface area (Å²) in [5.74, 6) is -0.522. The van der Waals surface area contributed by atoms with Crippen LogP contribution in [0, 0.1) is 0 Å². The summed E-state index contributed by atoms with van der Waals surface area (Å²) in [5, 5.41) is 0. The smallest absolute Gasteiger partial charge is 0.408 e. The van der Waals surface area contributed by atoms with Crippen molar-refractivity contribution >= 4 is 45.0 Å². The molecule has 8 heteroatoms. The van der Waals surface area contributed by atoms with Crippen molar-refractivity contribution in [2.45, 2.75) is 39.5 Å². The lowest BCUT2D eigenvalue weighted by atomic mass is 10.1. The maximum Gasteiger partial charge on any atom is 0.419 e. The van der Waals surface area contributed by atoms with Crippen molar-refractivity contribution in [2.75, 3.05) is 18.8 Å². The molecule has 148 valence electrons. The number of hydrogen-bond donors (Lipinski definition) is 0. The molecule has 0 spiro atoms.